The molecule has 4 heterocycles. The summed E-state index contributed by atoms with van der Waals surface area (Å²) in [7, 11) is 0. The van der Waals surface area contributed by atoms with Gasteiger partial charge in [0.2, 0.25) is 0 Å². The highest BCUT2D eigenvalue weighted by Crippen LogP contribution is 2.45. The maximum absolute atomic E-state index is 2.47. The number of benzene rings is 8. The fraction of sp³-hybridized carbons (Fsp3) is 0. The molecule has 0 bridgehead atoms. The second-order valence-electron chi connectivity index (χ2n) is 13.8. The second-order valence-corrected chi connectivity index (χ2v) is 14.8. The van der Waals surface area contributed by atoms with Crippen molar-refractivity contribution in [3.63, 3.8) is 0 Å². The van der Waals surface area contributed by atoms with Crippen molar-refractivity contribution in [2.75, 3.05) is 4.90 Å². The minimum atomic E-state index is 1.12. The zero-order valence-electron chi connectivity index (χ0n) is 28.0. The summed E-state index contributed by atoms with van der Waals surface area (Å²) in [4.78, 5) is 2.42. The average molecular weight is 680 g/mol. The van der Waals surface area contributed by atoms with Crippen molar-refractivity contribution in [2.24, 2.45) is 0 Å². The van der Waals surface area contributed by atoms with Gasteiger partial charge in [0.15, 0.2) is 0 Å². The Labute approximate surface area is 302 Å². The molecular formula is C48H29N3S. The van der Waals surface area contributed by atoms with Gasteiger partial charge in [-0.1, -0.05) is 109 Å². The summed E-state index contributed by atoms with van der Waals surface area (Å²) in [6.45, 7) is 0. The molecule has 12 rings (SSSR count). The summed E-state index contributed by atoms with van der Waals surface area (Å²) in [5, 5.41) is 9.02. The number of nitrogens with zero attached hydrogens (tertiary/aromatic N) is 3. The smallest absolute Gasteiger partial charge is 0.131 e. The van der Waals surface area contributed by atoms with E-state index in [0.29, 0.717) is 0 Å². The number of para-hydroxylation sites is 2. The molecule has 0 aliphatic rings. The maximum atomic E-state index is 2.47. The fourth-order valence-corrected chi connectivity index (χ4v) is 9.86. The molecule has 0 N–H and O–H groups in total. The fourth-order valence-electron chi connectivity index (χ4n) is 8.77. The van der Waals surface area contributed by atoms with Crippen LogP contribution < -0.4 is 4.90 Å². The van der Waals surface area contributed by atoms with Crippen LogP contribution in [0.15, 0.2) is 176 Å². The zero-order chi connectivity index (χ0) is 33.9. The lowest BCUT2D eigenvalue weighted by Crippen LogP contribution is -2.10. The standard InChI is InChI=1S/C48H29N3S/c1-2-12-35-30(10-1)11-9-16-36(35)31-20-22-32(23-21-31)49(33-25-27-46-40(28-33)37-13-5-8-19-45(37)52-46)34-24-26-43-44(29-34)51-42-18-7-4-15-39(42)47-38-14-3-6-17-41(38)50(43)48(47)51/h1-29H. The summed E-state index contributed by atoms with van der Waals surface area (Å²) in [5.41, 5.74) is 12.0. The van der Waals surface area contributed by atoms with Gasteiger partial charge in [-0.05, 0) is 88.6 Å². The van der Waals surface area contributed by atoms with Crippen LogP contribution in [0.1, 0.15) is 0 Å². The highest BCUT2D eigenvalue weighted by Gasteiger charge is 2.24. The topological polar surface area (TPSA) is 12.1 Å². The predicted octanol–water partition coefficient (Wildman–Crippen LogP) is 13.7. The van der Waals surface area contributed by atoms with Gasteiger partial charge in [-0.3, -0.25) is 8.80 Å². The minimum Gasteiger partial charge on any atom is -0.310 e. The maximum Gasteiger partial charge on any atom is 0.131 e. The quantitative estimate of drug-likeness (QED) is 0.180. The molecule has 3 nitrogen and oxygen atoms in total. The molecule has 0 saturated heterocycles. The highest BCUT2D eigenvalue weighted by atomic mass is 32.1. The predicted molar refractivity (Wildman–Crippen MR) is 223 cm³/mol. The van der Waals surface area contributed by atoms with E-state index in [-0.39, 0.29) is 0 Å². The van der Waals surface area contributed by atoms with Crippen molar-refractivity contribution in [2.45, 2.75) is 0 Å². The Kier molecular flexibility index (Phi) is 5.65. The average Bonchev–Trinajstić information content (AvgIpc) is 3.93. The lowest BCUT2D eigenvalue weighted by Gasteiger charge is -2.26. The van der Waals surface area contributed by atoms with Gasteiger partial charge in [0.25, 0.3) is 0 Å². The van der Waals surface area contributed by atoms with E-state index in [0.717, 1.165) is 17.1 Å². The number of aromatic nitrogens is 2. The van der Waals surface area contributed by atoms with Crippen molar-refractivity contribution in [3.05, 3.63) is 176 Å². The largest absolute Gasteiger partial charge is 0.310 e. The number of thiophene rings is 1. The summed E-state index contributed by atoms with van der Waals surface area (Å²) >= 11 is 1.86. The third-order valence-electron chi connectivity index (χ3n) is 11.0. The van der Waals surface area contributed by atoms with E-state index in [4.69, 9.17) is 0 Å². The van der Waals surface area contributed by atoms with Gasteiger partial charge >= 0.3 is 0 Å². The van der Waals surface area contributed by atoms with Crippen LogP contribution in [0.25, 0.3) is 85.9 Å². The second kappa shape index (κ2) is 10.5. The molecule has 0 spiro atoms. The van der Waals surface area contributed by atoms with Crippen LogP contribution in [0, 0.1) is 0 Å². The van der Waals surface area contributed by atoms with Crippen LogP contribution in [0.5, 0.6) is 0 Å². The third kappa shape index (κ3) is 3.79. The molecule has 0 saturated carbocycles. The molecule has 12 aromatic rings. The molecule has 0 atom stereocenters. The van der Waals surface area contributed by atoms with Gasteiger partial charge in [0, 0.05) is 53.4 Å². The normalized spacial score (nSPS) is 12.2. The van der Waals surface area contributed by atoms with Crippen LogP contribution >= 0.6 is 11.3 Å². The number of imidazole rings is 1. The van der Waals surface area contributed by atoms with Crippen molar-refractivity contribution in [1.82, 2.24) is 8.80 Å². The highest BCUT2D eigenvalue weighted by molar-refractivity contribution is 7.25. The lowest BCUT2D eigenvalue weighted by atomic mass is 9.98. The Bertz CT molecular complexity index is 3350. The molecule has 0 unspecified atom stereocenters. The van der Waals surface area contributed by atoms with Crippen LogP contribution in [-0.2, 0) is 0 Å². The monoisotopic (exact) mass is 679 g/mol. The zero-order valence-corrected chi connectivity index (χ0v) is 28.8. The van der Waals surface area contributed by atoms with Gasteiger partial charge in [0.05, 0.1) is 22.1 Å². The van der Waals surface area contributed by atoms with E-state index < -0.39 is 0 Å². The molecule has 0 aliphatic heterocycles. The number of hydrogen-bond donors (Lipinski definition) is 0. The molecule has 4 heteroatoms. The van der Waals surface area contributed by atoms with E-state index in [1.165, 1.54) is 85.9 Å². The van der Waals surface area contributed by atoms with Crippen LogP contribution in [0.4, 0.5) is 17.1 Å². The molecule has 0 fully saturated rings. The summed E-state index contributed by atoms with van der Waals surface area (Å²) in [6.07, 6.45) is 0. The molecule has 4 aromatic heterocycles. The summed E-state index contributed by atoms with van der Waals surface area (Å²) < 4.78 is 7.55. The first-order chi connectivity index (χ1) is 25.8. The van der Waals surface area contributed by atoms with E-state index in [9.17, 15) is 0 Å². The third-order valence-corrected chi connectivity index (χ3v) is 12.2. The van der Waals surface area contributed by atoms with Gasteiger partial charge in [-0.25, -0.2) is 0 Å². The van der Waals surface area contributed by atoms with Crippen molar-refractivity contribution in [3.8, 4) is 11.1 Å². The van der Waals surface area contributed by atoms with Gasteiger partial charge in [0.1, 0.15) is 5.65 Å². The SMILES string of the molecule is c1ccc2c(-c3ccc(N(c4ccc5sc6ccccc6c5c4)c4ccc5c(c4)n4c6ccccc6c6c7ccccc7n5c64)cc3)cccc2c1. The van der Waals surface area contributed by atoms with E-state index in [2.05, 4.69) is 190 Å². The minimum absolute atomic E-state index is 1.12. The summed E-state index contributed by atoms with van der Waals surface area (Å²) in [6, 6.07) is 64.7. The van der Waals surface area contributed by atoms with E-state index >= 15 is 0 Å². The Morgan fingerprint density at radius 3 is 1.79 bits per heavy atom. The molecule has 0 aliphatic carbocycles. The van der Waals surface area contributed by atoms with Gasteiger partial charge < -0.3 is 4.90 Å². The van der Waals surface area contributed by atoms with Crippen LogP contribution in [0.2, 0.25) is 0 Å². The molecular weight excluding hydrogens is 651 g/mol. The van der Waals surface area contributed by atoms with Crippen molar-refractivity contribution in [1.29, 1.82) is 0 Å². The van der Waals surface area contributed by atoms with Crippen LogP contribution in [-0.4, -0.2) is 8.80 Å². The number of hydrogen-bond acceptors (Lipinski definition) is 2. The van der Waals surface area contributed by atoms with Crippen molar-refractivity contribution < 1.29 is 0 Å². The number of anilines is 3. The first kappa shape index (κ1) is 28.1. The molecule has 242 valence electrons. The van der Waals surface area contributed by atoms with Gasteiger partial charge in [-0.2, -0.15) is 0 Å². The summed E-state index contributed by atoms with van der Waals surface area (Å²) in [5.74, 6) is 0. The molecule has 52 heavy (non-hydrogen) atoms. The Morgan fingerprint density at radius 2 is 0.981 bits per heavy atom. The van der Waals surface area contributed by atoms with Crippen LogP contribution in [0.3, 0.4) is 0 Å². The first-order valence-electron chi connectivity index (χ1n) is 17.8. The van der Waals surface area contributed by atoms with Gasteiger partial charge in [-0.15, -0.1) is 11.3 Å². The van der Waals surface area contributed by atoms with E-state index in [1.807, 2.05) is 11.3 Å². The molecule has 8 aromatic carbocycles. The molecule has 0 radical (unpaired) electrons. The number of rotatable bonds is 4. The lowest BCUT2D eigenvalue weighted by molar-refractivity contribution is 1.28. The molecule has 0 amide bonds. The number of fused-ring (bicyclic) bond motifs is 13. The first-order valence-corrected chi connectivity index (χ1v) is 18.6. The van der Waals surface area contributed by atoms with E-state index in [1.54, 1.807) is 0 Å². The van der Waals surface area contributed by atoms with Crippen molar-refractivity contribution >= 4 is 103 Å². The Morgan fingerprint density at radius 1 is 0.385 bits per heavy atom. The Hall–Kier alpha value is -6.62. The Balaban J connectivity index is 1.11.